The number of rotatable bonds is 0. The summed E-state index contributed by atoms with van der Waals surface area (Å²) in [5.74, 6) is 0.169. The third-order valence-corrected chi connectivity index (χ3v) is 2.22. The summed E-state index contributed by atoms with van der Waals surface area (Å²) in [5.41, 5.74) is 0. The Bertz CT molecular complexity index is 151. The SMILES string of the molecule is O=C1/C=C\CCCCC1S. The highest BCUT2D eigenvalue weighted by molar-refractivity contribution is 7.81. The van der Waals surface area contributed by atoms with E-state index in [1.165, 1.54) is 6.42 Å². The van der Waals surface area contributed by atoms with Crippen LogP contribution in [-0.2, 0) is 4.79 Å². The topological polar surface area (TPSA) is 17.1 Å². The van der Waals surface area contributed by atoms with Gasteiger partial charge in [0.15, 0.2) is 5.78 Å². The lowest BCUT2D eigenvalue weighted by molar-refractivity contribution is -0.114. The predicted molar refractivity (Wildman–Crippen MR) is 45.4 cm³/mol. The van der Waals surface area contributed by atoms with Gasteiger partial charge in [0, 0.05) is 0 Å². The van der Waals surface area contributed by atoms with Crippen LogP contribution in [0.5, 0.6) is 0 Å². The number of hydrogen-bond acceptors (Lipinski definition) is 2. The van der Waals surface area contributed by atoms with Crippen LogP contribution in [0.3, 0.4) is 0 Å². The number of carbonyl (C=O) groups is 1. The average Bonchev–Trinajstić information content (AvgIpc) is 1.92. The zero-order valence-electron chi connectivity index (χ0n) is 5.92. The van der Waals surface area contributed by atoms with Gasteiger partial charge in [0.1, 0.15) is 0 Å². The van der Waals surface area contributed by atoms with Gasteiger partial charge in [-0.2, -0.15) is 12.6 Å². The normalized spacial score (nSPS) is 30.9. The van der Waals surface area contributed by atoms with Crippen LogP contribution in [0, 0.1) is 0 Å². The highest BCUT2D eigenvalue weighted by Gasteiger charge is 2.11. The molecule has 1 rings (SSSR count). The van der Waals surface area contributed by atoms with E-state index in [1.807, 2.05) is 6.08 Å². The maximum Gasteiger partial charge on any atom is 0.168 e. The molecule has 10 heavy (non-hydrogen) atoms. The van der Waals surface area contributed by atoms with Crippen LogP contribution in [0.1, 0.15) is 25.7 Å². The molecular formula is C8H12OS. The van der Waals surface area contributed by atoms with E-state index in [2.05, 4.69) is 12.6 Å². The molecule has 0 heterocycles. The molecule has 1 unspecified atom stereocenters. The maximum absolute atomic E-state index is 11.0. The van der Waals surface area contributed by atoms with Crippen LogP contribution in [0.15, 0.2) is 12.2 Å². The number of allylic oxidation sites excluding steroid dienone is 2. The molecule has 0 N–H and O–H groups in total. The molecule has 0 saturated heterocycles. The third-order valence-electron chi connectivity index (χ3n) is 1.71. The summed E-state index contributed by atoms with van der Waals surface area (Å²) in [7, 11) is 0. The summed E-state index contributed by atoms with van der Waals surface area (Å²) in [6.07, 6.45) is 7.92. The van der Waals surface area contributed by atoms with Crippen molar-refractivity contribution in [2.45, 2.75) is 30.9 Å². The minimum Gasteiger partial charge on any atom is -0.294 e. The minimum atomic E-state index is -0.0449. The van der Waals surface area contributed by atoms with Gasteiger partial charge in [-0.1, -0.05) is 12.5 Å². The zero-order valence-corrected chi connectivity index (χ0v) is 6.81. The Labute approximate surface area is 66.9 Å². The summed E-state index contributed by atoms with van der Waals surface area (Å²) >= 11 is 4.17. The van der Waals surface area contributed by atoms with Crippen molar-refractivity contribution in [1.82, 2.24) is 0 Å². The van der Waals surface area contributed by atoms with Crippen molar-refractivity contribution in [3.8, 4) is 0 Å². The first-order valence-corrected chi connectivity index (χ1v) is 4.21. The fourth-order valence-corrected chi connectivity index (χ4v) is 1.32. The molecule has 0 amide bonds. The minimum absolute atomic E-state index is 0.0449. The van der Waals surface area contributed by atoms with E-state index in [4.69, 9.17) is 0 Å². The fourth-order valence-electron chi connectivity index (χ4n) is 1.05. The van der Waals surface area contributed by atoms with E-state index in [1.54, 1.807) is 6.08 Å². The molecule has 0 aliphatic heterocycles. The van der Waals surface area contributed by atoms with Gasteiger partial charge in [0.05, 0.1) is 5.25 Å². The van der Waals surface area contributed by atoms with Crippen LogP contribution >= 0.6 is 12.6 Å². The molecule has 0 bridgehead atoms. The lowest BCUT2D eigenvalue weighted by Gasteiger charge is -2.08. The Hall–Kier alpha value is -0.240. The van der Waals surface area contributed by atoms with E-state index in [9.17, 15) is 4.79 Å². The van der Waals surface area contributed by atoms with Gasteiger partial charge in [-0.15, -0.1) is 0 Å². The molecule has 2 heteroatoms. The lowest BCUT2D eigenvalue weighted by Crippen LogP contribution is -2.12. The third kappa shape index (κ3) is 2.18. The molecule has 1 aliphatic rings. The first kappa shape index (κ1) is 7.86. The highest BCUT2D eigenvalue weighted by atomic mass is 32.1. The van der Waals surface area contributed by atoms with Gasteiger partial charge in [-0.05, 0) is 25.3 Å². The second-order valence-corrected chi connectivity index (χ2v) is 3.23. The Kier molecular flexibility index (Phi) is 3.00. The van der Waals surface area contributed by atoms with Crippen molar-refractivity contribution in [1.29, 1.82) is 0 Å². The van der Waals surface area contributed by atoms with Crippen molar-refractivity contribution in [2.75, 3.05) is 0 Å². The Morgan fingerprint density at radius 2 is 2.30 bits per heavy atom. The van der Waals surface area contributed by atoms with Crippen molar-refractivity contribution >= 4 is 18.4 Å². The van der Waals surface area contributed by atoms with Crippen molar-refractivity contribution in [3.05, 3.63) is 12.2 Å². The number of thiol groups is 1. The second-order valence-electron chi connectivity index (χ2n) is 2.60. The first-order chi connectivity index (χ1) is 4.80. The van der Waals surface area contributed by atoms with Gasteiger partial charge >= 0.3 is 0 Å². The maximum atomic E-state index is 11.0. The molecule has 0 radical (unpaired) electrons. The standard InChI is InChI=1S/C8H12OS/c9-7-5-3-1-2-4-6-8(7)10/h3,5,8,10H,1-2,4,6H2/b5-3-. The van der Waals surface area contributed by atoms with Crippen molar-refractivity contribution in [2.24, 2.45) is 0 Å². The van der Waals surface area contributed by atoms with Crippen molar-refractivity contribution in [3.63, 3.8) is 0 Å². The number of ketones is 1. The van der Waals surface area contributed by atoms with Crippen LogP contribution < -0.4 is 0 Å². The summed E-state index contributed by atoms with van der Waals surface area (Å²) in [4.78, 5) is 11.0. The van der Waals surface area contributed by atoms with E-state index in [-0.39, 0.29) is 11.0 Å². The van der Waals surface area contributed by atoms with E-state index >= 15 is 0 Å². The van der Waals surface area contributed by atoms with Crippen LogP contribution in [0.25, 0.3) is 0 Å². The smallest absolute Gasteiger partial charge is 0.168 e. The lowest BCUT2D eigenvalue weighted by atomic mass is 10.1. The molecule has 1 aliphatic carbocycles. The van der Waals surface area contributed by atoms with Crippen LogP contribution in [-0.4, -0.2) is 11.0 Å². The zero-order chi connectivity index (χ0) is 7.40. The summed E-state index contributed by atoms with van der Waals surface area (Å²) in [5, 5.41) is -0.0449. The van der Waals surface area contributed by atoms with Crippen molar-refractivity contribution < 1.29 is 4.79 Å². The fraction of sp³-hybridized carbons (Fsp3) is 0.625. The molecular weight excluding hydrogens is 144 g/mol. The Balaban J connectivity index is 2.53. The first-order valence-electron chi connectivity index (χ1n) is 3.69. The molecule has 0 saturated carbocycles. The largest absolute Gasteiger partial charge is 0.294 e. The number of carbonyl (C=O) groups excluding carboxylic acids is 1. The van der Waals surface area contributed by atoms with Gasteiger partial charge < -0.3 is 0 Å². The van der Waals surface area contributed by atoms with Gasteiger partial charge in [0.25, 0.3) is 0 Å². The summed E-state index contributed by atoms with van der Waals surface area (Å²) < 4.78 is 0. The van der Waals surface area contributed by atoms with E-state index in [0.29, 0.717) is 0 Å². The Morgan fingerprint density at radius 3 is 3.10 bits per heavy atom. The molecule has 56 valence electrons. The van der Waals surface area contributed by atoms with Gasteiger partial charge in [0.2, 0.25) is 0 Å². The molecule has 0 spiro atoms. The second kappa shape index (κ2) is 3.81. The molecule has 0 aromatic rings. The summed E-state index contributed by atoms with van der Waals surface area (Å²) in [6, 6.07) is 0. The molecule has 0 aromatic carbocycles. The van der Waals surface area contributed by atoms with E-state index < -0.39 is 0 Å². The predicted octanol–water partition coefficient (Wildman–Crippen LogP) is 1.98. The molecule has 0 aromatic heterocycles. The highest BCUT2D eigenvalue weighted by Crippen LogP contribution is 2.13. The van der Waals surface area contributed by atoms with Gasteiger partial charge in [-0.3, -0.25) is 4.79 Å². The molecule has 0 fully saturated rings. The van der Waals surface area contributed by atoms with Crippen LogP contribution in [0.4, 0.5) is 0 Å². The molecule has 1 atom stereocenters. The van der Waals surface area contributed by atoms with E-state index in [0.717, 1.165) is 19.3 Å². The average molecular weight is 156 g/mol. The quantitative estimate of drug-likeness (QED) is 0.531. The summed E-state index contributed by atoms with van der Waals surface area (Å²) in [6.45, 7) is 0. The molecule has 1 nitrogen and oxygen atoms in total. The monoisotopic (exact) mass is 156 g/mol. The van der Waals surface area contributed by atoms with Gasteiger partial charge in [-0.25, -0.2) is 0 Å². The number of hydrogen-bond donors (Lipinski definition) is 1. The van der Waals surface area contributed by atoms with Crippen LogP contribution in [0.2, 0.25) is 0 Å². The Morgan fingerprint density at radius 1 is 1.50 bits per heavy atom.